The minimum absolute atomic E-state index is 0.0164. The van der Waals surface area contributed by atoms with E-state index in [2.05, 4.69) is 21.2 Å². The predicted molar refractivity (Wildman–Crippen MR) is 73.2 cm³/mol. The highest BCUT2D eigenvalue weighted by Gasteiger charge is 2.23. The molecule has 0 atom stereocenters. The summed E-state index contributed by atoms with van der Waals surface area (Å²) in [6.07, 6.45) is 4.05. The van der Waals surface area contributed by atoms with Gasteiger partial charge in [-0.15, -0.1) is 0 Å². The van der Waals surface area contributed by atoms with Gasteiger partial charge in [-0.2, -0.15) is 0 Å². The van der Waals surface area contributed by atoms with Crippen LogP contribution in [0.15, 0.2) is 22.7 Å². The van der Waals surface area contributed by atoms with Gasteiger partial charge in [-0.3, -0.25) is 9.59 Å². The molecule has 18 heavy (non-hydrogen) atoms. The fourth-order valence-electron chi connectivity index (χ4n) is 2.25. The van der Waals surface area contributed by atoms with Gasteiger partial charge in [0.15, 0.2) is 0 Å². The molecule has 3 N–H and O–H groups in total. The molecule has 1 fully saturated rings. The lowest BCUT2D eigenvalue weighted by Gasteiger charge is -2.13. The third-order valence-electron chi connectivity index (χ3n) is 3.23. The molecule has 1 saturated carbocycles. The number of rotatable bonds is 3. The number of carbonyl (C=O) groups excluding carboxylic acids is 2. The monoisotopic (exact) mass is 310 g/mol. The highest BCUT2D eigenvalue weighted by molar-refractivity contribution is 9.10. The average molecular weight is 311 g/mol. The summed E-state index contributed by atoms with van der Waals surface area (Å²) in [5.41, 5.74) is 6.12. The number of nitrogens with two attached hydrogens (primary N) is 1. The summed E-state index contributed by atoms with van der Waals surface area (Å²) in [4.78, 5) is 23.3. The number of hydrogen-bond donors (Lipinski definition) is 2. The van der Waals surface area contributed by atoms with Gasteiger partial charge >= 0.3 is 0 Å². The molecule has 2 rings (SSSR count). The summed E-state index contributed by atoms with van der Waals surface area (Å²) in [6, 6.07) is 5.08. The summed E-state index contributed by atoms with van der Waals surface area (Å²) in [5, 5.41) is 2.80. The number of amides is 2. The second kappa shape index (κ2) is 5.52. The molecule has 1 aromatic carbocycles. The maximum atomic E-state index is 12.0. The van der Waals surface area contributed by atoms with Crippen LogP contribution in [0.5, 0.6) is 0 Å². The van der Waals surface area contributed by atoms with E-state index in [0.717, 1.165) is 30.2 Å². The molecule has 0 bridgehead atoms. The second-order valence-electron chi connectivity index (χ2n) is 4.52. The van der Waals surface area contributed by atoms with Crippen LogP contribution >= 0.6 is 15.9 Å². The summed E-state index contributed by atoms with van der Waals surface area (Å²) in [7, 11) is 0. The van der Waals surface area contributed by atoms with Crippen LogP contribution in [0, 0.1) is 5.92 Å². The summed E-state index contributed by atoms with van der Waals surface area (Å²) in [5.74, 6) is -0.496. The Morgan fingerprint density at radius 1 is 1.28 bits per heavy atom. The fourth-order valence-corrected chi connectivity index (χ4v) is 2.61. The van der Waals surface area contributed by atoms with Gasteiger partial charge in [-0.05, 0) is 31.0 Å². The van der Waals surface area contributed by atoms with E-state index in [1.807, 2.05) is 0 Å². The SMILES string of the molecule is NC(=O)c1cc(Br)ccc1NC(=O)C1CCCC1. The standard InChI is InChI=1S/C13H15BrN2O2/c14-9-5-6-11(10(7-9)12(15)17)16-13(18)8-3-1-2-4-8/h5-8H,1-4H2,(H2,15,17)(H,16,18). The van der Waals surface area contributed by atoms with E-state index in [-0.39, 0.29) is 11.8 Å². The maximum absolute atomic E-state index is 12.0. The Hall–Kier alpha value is -1.36. The molecular weight excluding hydrogens is 296 g/mol. The van der Waals surface area contributed by atoms with Crippen molar-refractivity contribution in [1.82, 2.24) is 0 Å². The zero-order valence-corrected chi connectivity index (χ0v) is 11.5. The van der Waals surface area contributed by atoms with Crippen molar-refractivity contribution in [2.45, 2.75) is 25.7 Å². The number of anilines is 1. The van der Waals surface area contributed by atoms with Gasteiger partial charge in [-0.25, -0.2) is 0 Å². The van der Waals surface area contributed by atoms with Gasteiger partial charge in [0.25, 0.3) is 5.91 Å². The molecule has 0 aromatic heterocycles. The van der Waals surface area contributed by atoms with Gasteiger partial charge in [0.2, 0.25) is 5.91 Å². The first-order valence-corrected chi connectivity index (χ1v) is 6.77. The molecule has 1 aliphatic rings. The van der Waals surface area contributed by atoms with Crippen LogP contribution in [0.1, 0.15) is 36.0 Å². The number of halogens is 1. The molecule has 0 heterocycles. The first kappa shape index (κ1) is 13.1. The van der Waals surface area contributed by atoms with Crippen LogP contribution in [-0.4, -0.2) is 11.8 Å². The van der Waals surface area contributed by atoms with E-state index in [1.165, 1.54) is 0 Å². The normalized spacial score (nSPS) is 15.6. The number of hydrogen-bond acceptors (Lipinski definition) is 2. The van der Waals surface area contributed by atoms with Crippen molar-refractivity contribution in [3.05, 3.63) is 28.2 Å². The van der Waals surface area contributed by atoms with Crippen molar-refractivity contribution in [3.8, 4) is 0 Å². The molecule has 0 aliphatic heterocycles. The molecule has 2 amide bonds. The Morgan fingerprint density at radius 2 is 1.94 bits per heavy atom. The van der Waals surface area contributed by atoms with E-state index in [1.54, 1.807) is 18.2 Å². The van der Waals surface area contributed by atoms with Crippen molar-refractivity contribution in [1.29, 1.82) is 0 Å². The van der Waals surface area contributed by atoms with E-state index in [4.69, 9.17) is 5.73 Å². The zero-order chi connectivity index (χ0) is 13.1. The molecule has 1 aromatic rings. The van der Waals surface area contributed by atoms with Crippen molar-refractivity contribution >= 4 is 33.4 Å². The van der Waals surface area contributed by atoms with Gasteiger partial charge in [0.05, 0.1) is 11.3 Å². The molecular formula is C13H15BrN2O2. The van der Waals surface area contributed by atoms with Crippen LogP contribution in [0.4, 0.5) is 5.69 Å². The Labute approximate surface area is 114 Å². The molecule has 0 spiro atoms. The smallest absolute Gasteiger partial charge is 0.250 e. The van der Waals surface area contributed by atoms with Gasteiger partial charge in [0, 0.05) is 10.4 Å². The average Bonchev–Trinajstić information content (AvgIpc) is 2.84. The molecule has 1 aliphatic carbocycles. The van der Waals surface area contributed by atoms with Crippen LogP contribution in [0.3, 0.4) is 0 Å². The highest BCUT2D eigenvalue weighted by Crippen LogP contribution is 2.27. The van der Waals surface area contributed by atoms with Gasteiger partial charge in [0.1, 0.15) is 0 Å². The van der Waals surface area contributed by atoms with Crippen LogP contribution in [-0.2, 0) is 4.79 Å². The predicted octanol–water partition coefficient (Wildman–Crippen LogP) is 2.68. The largest absolute Gasteiger partial charge is 0.366 e. The van der Waals surface area contributed by atoms with E-state index < -0.39 is 5.91 Å². The lowest BCUT2D eigenvalue weighted by molar-refractivity contribution is -0.119. The minimum Gasteiger partial charge on any atom is -0.366 e. The molecule has 96 valence electrons. The first-order chi connectivity index (χ1) is 8.58. The maximum Gasteiger partial charge on any atom is 0.250 e. The summed E-state index contributed by atoms with van der Waals surface area (Å²) >= 11 is 3.28. The van der Waals surface area contributed by atoms with Crippen molar-refractivity contribution < 1.29 is 9.59 Å². The summed E-state index contributed by atoms with van der Waals surface area (Å²) in [6.45, 7) is 0. The molecule has 0 saturated heterocycles. The number of carbonyl (C=O) groups is 2. The second-order valence-corrected chi connectivity index (χ2v) is 5.44. The first-order valence-electron chi connectivity index (χ1n) is 5.98. The Balaban J connectivity index is 2.17. The number of benzene rings is 1. The molecule has 0 radical (unpaired) electrons. The number of nitrogens with one attached hydrogen (secondary N) is 1. The lowest BCUT2D eigenvalue weighted by Crippen LogP contribution is -2.23. The summed E-state index contributed by atoms with van der Waals surface area (Å²) < 4.78 is 0.759. The van der Waals surface area contributed by atoms with Crippen LogP contribution in [0.2, 0.25) is 0 Å². The molecule has 5 heteroatoms. The van der Waals surface area contributed by atoms with Crippen molar-refractivity contribution in [2.75, 3.05) is 5.32 Å². The third kappa shape index (κ3) is 2.90. The van der Waals surface area contributed by atoms with Crippen molar-refractivity contribution in [3.63, 3.8) is 0 Å². The lowest BCUT2D eigenvalue weighted by atomic mass is 10.1. The van der Waals surface area contributed by atoms with E-state index in [0.29, 0.717) is 11.3 Å². The Kier molecular flexibility index (Phi) is 4.01. The van der Waals surface area contributed by atoms with Crippen LogP contribution in [0.25, 0.3) is 0 Å². The fraction of sp³-hybridized carbons (Fsp3) is 0.385. The van der Waals surface area contributed by atoms with Gasteiger partial charge in [-0.1, -0.05) is 28.8 Å². The van der Waals surface area contributed by atoms with Crippen molar-refractivity contribution in [2.24, 2.45) is 11.7 Å². The van der Waals surface area contributed by atoms with Crippen LogP contribution < -0.4 is 11.1 Å². The highest BCUT2D eigenvalue weighted by atomic mass is 79.9. The minimum atomic E-state index is -0.543. The van der Waals surface area contributed by atoms with E-state index in [9.17, 15) is 9.59 Å². The quantitative estimate of drug-likeness (QED) is 0.901. The van der Waals surface area contributed by atoms with Gasteiger partial charge < -0.3 is 11.1 Å². The Morgan fingerprint density at radius 3 is 2.56 bits per heavy atom. The zero-order valence-electron chi connectivity index (χ0n) is 9.91. The Bertz CT molecular complexity index is 482. The molecule has 0 unspecified atom stereocenters. The third-order valence-corrected chi connectivity index (χ3v) is 3.72. The number of primary amides is 1. The molecule has 4 nitrogen and oxygen atoms in total. The topological polar surface area (TPSA) is 72.2 Å². The van der Waals surface area contributed by atoms with E-state index >= 15 is 0 Å².